The third-order valence-corrected chi connectivity index (χ3v) is 8.91. The first-order chi connectivity index (χ1) is 20.0. The molecule has 0 heterocycles. The van der Waals surface area contributed by atoms with Crippen molar-refractivity contribution in [2.75, 3.05) is 13.2 Å². The van der Waals surface area contributed by atoms with Gasteiger partial charge in [-0.25, -0.2) is 0 Å². The minimum Gasteiger partial charge on any atom is -0.466 e. The van der Waals surface area contributed by atoms with E-state index in [1.807, 2.05) is 0 Å². The third-order valence-electron chi connectivity index (χ3n) is 7.83. The Balaban J connectivity index is 0. The maximum atomic E-state index is 12.3. The molecule has 0 spiro atoms. The zero-order valence-electron chi connectivity index (χ0n) is 28.7. The molecule has 9 heteroatoms. The molecule has 0 aliphatic rings. The predicted molar refractivity (Wildman–Crippen MR) is 179 cm³/mol. The van der Waals surface area contributed by atoms with Gasteiger partial charge in [0.15, 0.2) is 5.25 Å². The molecule has 251 valence electrons. The van der Waals surface area contributed by atoms with Gasteiger partial charge in [0, 0.05) is 29.6 Å². The summed E-state index contributed by atoms with van der Waals surface area (Å²) in [6.45, 7) is 9.34. The van der Waals surface area contributed by atoms with Crippen LogP contribution in [0.25, 0.3) is 0 Å². The molecule has 0 aliphatic heterocycles. The number of rotatable bonds is 30. The van der Waals surface area contributed by atoms with Crippen molar-refractivity contribution < 1.29 is 32.0 Å². The molecule has 0 saturated heterocycles. The van der Waals surface area contributed by atoms with Crippen molar-refractivity contribution in [3.63, 3.8) is 0 Å². The first kappa shape index (κ1) is 45.0. The van der Waals surface area contributed by atoms with Crippen LogP contribution in [0.4, 0.5) is 0 Å². The van der Waals surface area contributed by atoms with Crippen LogP contribution >= 0.6 is 0 Å². The van der Waals surface area contributed by atoms with Crippen molar-refractivity contribution in [2.24, 2.45) is 11.8 Å². The SMILES string of the molecule is CC(C)CCCCCCCCCCCCOC(=O)CC(C(=O)OCCCCCCCCCCCCC(C)C)S(=O)(=O)O.[Na]. The second-order valence-electron chi connectivity index (χ2n) is 13.0. The Labute approximate surface area is 287 Å². The predicted octanol–water partition coefficient (Wildman–Crippen LogP) is 9.23. The van der Waals surface area contributed by atoms with Crippen LogP contribution < -0.4 is 0 Å². The summed E-state index contributed by atoms with van der Waals surface area (Å²) in [4.78, 5) is 24.4. The molecule has 1 atom stereocenters. The fourth-order valence-corrected chi connectivity index (χ4v) is 5.77. The largest absolute Gasteiger partial charge is 0.466 e. The van der Waals surface area contributed by atoms with Gasteiger partial charge in [-0.2, -0.15) is 8.42 Å². The first-order valence-corrected chi connectivity index (χ1v) is 18.8. The zero-order valence-corrected chi connectivity index (χ0v) is 31.5. The molecule has 0 aromatic rings. The molecule has 1 radical (unpaired) electrons. The fourth-order valence-electron chi connectivity index (χ4n) is 5.11. The van der Waals surface area contributed by atoms with E-state index in [-0.39, 0.29) is 42.8 Å². The van der Waals surface area contributed by atoms with Crippen LogP contribution in [0.3, 0.4) is 0 Å². The van der Waals surface area contributed by atoms with Gasteiger partial charge in [0.05, 0.1) is 19.6 Å². The van der Waals surface area contributed by atoms with E-state index in [4.69, 9.17) is 9.47 Å². The summed E-state index contributed by atoms with van der Waals surface area (Å²) in [5.74, 6) is -0.310. The van der Waals surface area contributed by atoms with Crippen molar-refractivity contribution in [1.29, 1.82) is 0 Å². The maximum Gasteiger partial charge on any atom is 0.327 e. The Hall–Kier alpha value is -0.150. The van der Waals surface area contributed by atoms with Gasteiger partial charge >= 0.3 is 11.9 Å². The molecule has 0 fully saturated rings. The summed E-state index contributed by atoms with van der Waals surface area (Å²) < 4.78 is 43.1. The summed E-state index contributed by atoms with van der Waals surface area (Å²) in [6, 6.07) is 0. The first-order valence-electron chi connectivity index (χ1n) is 17.3. The second kappa shape index (κ2) is 30.5. The average Bonchev–Trinajstić information content (AvgIpc) is 2.91. The van der Waals surface area contributed by atoms with E-state index in [0.717, 1.165) is 50.4 Å². The van der Waals surface area contributed by atoms with Gasteiger partial charge in [0.1, 0.15) is 0 Å². The summed E-state index contributed by atoms with van der Waals surface area (Å²) >= 11 is 0. The Morgan fingerprint density at radius 2 is 0.837 bits per heavy atom. The molecule has 0 aliphatic carbocycles. The number of esters is 2. The van der Waals surface area contributed by atoms with Gasteiger partial charge in [-0.05, 0) is 24.7 Å². The second-order valence-corrected chi connectivity index (χ2v) is 14.6. The molecule has 0 rings (SSSR count). The van der Waals surface area contributed by atoms with Crippen molar-refractivity contribution in [3.8, 4) is 0 Å². The van der Waals surface area contributed by atoms with Crippen molar-refractivity contribution >= 4 is 51.6 Å². The summed E-state index contributed by atoms with van der Waals surface area (Å²) in [6.07, 6.45) is 24.9. The van der Waals surface area contributed by atoms with Crippen LogP contribution in [0.2, 0.25) is 0 Å². The molecule has 1 unspecified atom stereocenters. The summed E-state index contributed by atoms with van der Waals surface area (Å²) in [5, 5.41) is -1.93. The Kier molecular flexibility index (Phi) is 31.9. The van der Waals surface area contributed by atoms with E-state index in [9.17, 15) is 22.6 Å². The molecule has 0 aromatic heterocycles. The van der Waals surface area contributed by atoms with Crippen molar-refractivity contribution in [2.45, 2.75) is 181 Å². The van der Waals surface area contributed by atoms with Gasteiger partial charge in [-0.1, -0.05) is 156 Å². The van der Waals surface area contributed by atoms with Crippen LogP contribution in [0.1, 0.15) is 175 Å². The van der Waals surface area contributed by atoms with E-state index in [1.54, 1.807) is 0 Å². The van der Waals surface area contributed by atoms with Crippen molar-refractivity contribution in [3.05, 3.63) is 0 Å². The normalized spacial score (nSPS) is 12.3. The number of hydrogen-bond donors (Lipinski definition) is 1. The molecular formula is C34H66NaO7S. The van der Waals surface area contributed by atoms with E-state index in [0.29, 0.717) is 12.8 Å². The van der Waals surface area contributed by atoms with Gasteiger partial charge < -0.3 is 9.47 Å². The molecule has 0 amide bonds. The summed E-state index contributed by atoms with van der Waals surface area (Å²) in [7, 11) is -4.76. The number of unbranched alkanes of at least 4 members (excludes halogenated alkanes) is 18. The molecular weight excluding hydrogens is 575 g/mol. The standard InChI is InChI=1S/C34H66O7S.Na/c1-30(2)25-21-17-13-9-5-7-11-15-19-23-27-40-33(35)29-32(42(37,38)39)34(36)41-28-24-20-16-12-8-6-10-14-18-22-26-31(3)4;/h30-32H,5-29H2,1-4H3,(H,37,38,39);. The van der Waals surface area contributed by atoms with Gasteiger partial charge in [0.25, 0.3) is 10.1 Å². The van der Waals surface area contributed by atoms with Crippen LogP contribution in [-0.2, 0) is 29.2 Å². The van der Waals surface area contributed by atoms with Gasteiger partial charge in [-0.3, -0.25) is 14.1 Å². The Morgan fingerprint density at radius 1 is 0.535 bits per heavy atom. The van der Waals surface area contributed by atoms with Crippen LogP contribution in [-0.4, -0.2) is 72.9 Å². The molecule has 0 bridgehead atoms. The van der Waals surface area contributed by atoms with E-state index >= 15 is 0 Å². The number of carbonyl (C=O) groups excluding carboxylic acids is 2. The van der Waals surface area contributed by atoms with Crippen molar-refractivity contribution in [1.82, 2.24) is 0 Å². The smallest absolute Gasteiger partial charge is 0.327 e. The number of ether oxygens (including phenoxy) is 2. The number of carbonyl (C=O) groups is 2. The summed E-state index contributed by atoms with van der Waals surface area (Å²) in [5.41, 5.74) is 0. The molecule has 7 nitrogen and oxygen atoms in total. The van der Waals surface area contributed by atoms with E-state index in [2.05, 4.69) is 27.7 Å². The Morgan fingerprint density at radius 3 is 1.16 bits per heavy atom. The number of hydrogen-bond acceptors (Lipinski definition) is 6. The molecule has 1 N–H and O–H groups in total. The minimum atomic E-state index is -4.76. The monoisotopic (exact) mass is 641 g/mol. The fraction of sp³-hybridized carbons (Fsp3) is 0.941. The molecule has 0 aromatic carbocycles. The Bertz CT molecular complexity index is 756. The third kappa shape index (κ3) is 31.6. The van der Waals surface area contributed by atoms with Crippen LogP contribution in [0.15, 0.2) is 0 Å². The minimum absolute atomic E-state index is 0. The molecule has 43 heavy (non-hydrogen) atoms. The van der Waals surface area contributed by atoms with E-state index in [1.165, 1.54) is 89.9 Å². The average molecular weight is 642 g/mol. The van der Waals surface area contributed by atoms with Crippen LogP contribution in [0, 0.1) is 11.8 Å². The van der Waals surface area contributed by atoms with Crippen LogP contribution in [0.5, 0.6) is 0 Å². The quantitative estimate of drug-likeness (QED) is 0.0360. The van der Waals surface area contributed by atoms with Gasteiger partial charge in [0.2, 0.25) is 0 Å². The zero-order chi connectivity index (χ0) is 31.5. The molecule has 0 saturated carbocycles. The van der Waals surface area contributed by atoms with E-state index < -0.39 is 33.7 Å². The maximum absolute atomic E-state index is 12.3. The van der Waals surface area contributed by atoms with Gasteiger partial charge in [-0.15, -0.1) is 0 Å². The topological polar surface area (TPSA) is 107 Å².